The first-order chi connectivity index (χ1) is 15.7. The first kappa shape index (κ1) is 26.7. The molecule has 0 radical (unpaired) electrons. The monoisotopic (exact) mass is 467 g/mol. The fourth-order valence-corrected chi connectivity index (χ4v) is 3.37. The smallest absolute Gasteiger partial charge is 0.240 e. The van der Waals surface area contributed by atoms with Crippen molar-refractivity contribution >= 4 is 17.7 Å². The standard InChI is InChI=1S/C22H33N3O8/c1-3-16(27)25-17-19(29)18(28)15(10-26)33-22(17)32-11-12(2)21(31)24-14(20(23)30)9-13-7-5-4-6-8-13/h4-8,12,14-15,17-19,22,26,28-29H,3,9-11H2,1-2H3,(H2,23,30)(H,24,31)(H,25,27)/t12-,14-,15?,17-,18+,19?,22?/m0/s1. The molecular weight excluding hydrogens is 434 g/mol. The predicted molar refractivity (Wildman–Crippen MR) is 116 cm³/mol. The van der Waals surface area contributed by atoms with Crippen LogP contribution in [0.1, 0.15) is 25.8 Å². The molecule has 1 heterocycles. The maximum Gasteiger partial charge on any atom is 0.240 e. The van der Waals surface area contributed by atoms with Crippen LogP contribution in [0.5, 0.6) is 0 Å². The number of ether oxygens (including phenoxy) is 2. The molecule has 1 aromatic rings. The van der Waals surface area contributed by atoms with Crippen molar-refractivity contribution in [3.8, 4) is 0 Å². The quantitative estimate of drug-likeness (QED) is 0.220. The number of aliphatic hydroxyl groups is 3. The fraction of sp³-hybridized carbons (Fsp3) is 0.591. The molecule has 7 atom stereocenters. The van der Waals surface area contributed by atoms with Gasteiger partial charge < -0.3 is 41.2 Å². The molecule has 1 aliphatic heterocycles. The van der Waals surface area contributed by atoms with Gasteiger partial charge in [-0.15, -0.1) is 0 Å². The topological polar surface area (TPSA) is 180 Å². The van der Waals surface area contributed by atoms with E-state index in [0.29, 0.717) is 0 Å². The summed E-state index contributed by atoms with van der Waals surface area (Å²) in [6.07, 6.45) is -4.88. The summed E-state index contributed by atoms with van der Waals surface area (Å²) in [5, 5.41) is 35.0. The zero-order valence-corrected chi connectivity index (χ0v) is 18.7. The number of aliphatic hydroxyl groups excluding tert-OH is 3. The van der Waals surface area contributed by atoms with E-state index in [-0.39, 0.29) is 19.4 Å². The molecule has 2 rings (SSSR count). The number of hydrogen-bond donors (Lipinski definition) is 6. The Labute approximate surface area is 192 Å². The summed E-state index contributed by atoms with van der Waals surface area (Å²) in [5.74, 6) is -2.31. The van der Waals surface area contributed by atoms with Crippen molar-refractivity contribution in [1.29, 1.82) is 0 Å². The summed E-state index contributed by atoms with van der Waals surface area (Å²) in [6.45, 7) is 2.41. The maximum absolute atomic E-state index is 12.6. The Bertz CT molecular complexity index is 793. The molecule has 1 saturated heterocycles. The molecular formula is C22H33N3O8. The second-order valence-corrected chi connectivity index (χ2v) is 8.04. The SMILES string of the molecule is CCC(=O)N[C@@H]1C(OC[C@H](C)C(=O)N[C@@H](Cc2ccccc2)C(N)=O)OC(CO)[C@@H](O)C1O. The highest BCUT2D eigenvalue weighted by Crippen LogP contribution is 2.23. The van der Waals surface area contributed by atoms with Crippen molar-refractivity contribution in [2.75, 3.05) is 13.2 Å². The second kappa shape index (κ2) is 12.6. The van der Waals surface area contributed by atoms with Gasteiger partial charge in [-0.3, -0.25) is 14.4 Å². The van der Waals surface area contributed by atoms with E-state index in [9.17, 15) is 29.7 Å². The van der Waals surface area contributed by atoms with E-state index in [1.54, 1.807) is 13.8 Å². The average molecular weight is 468 g/mol. The van der Waals surface area contributed by atoms with Crippen molar-refractivity contribution in [3.05, 3.63) is 35.9 Å². The molecule has 1 aromatic carbocycles. The van der Waals surface area contributed by atoms with E-state index in [1.807, 2.05) is 30.3 Å². The molecule has 0 aromatic heterocycles. The van der Waals surface area contributed by atoms with E-state index in [1.165, 1.54) is 0 Å². The summed E-state index contributed by atoms with van der Waals surface area (Å²) in [6, 6.07) is 7.07. The van der Waals surface area contributed by atoms with Gasteiger partial charge in [0, 0.05) is 12.8 Å². The van der Waals surface area contributed by atoms with E-state index >= 15 is 0 Å². The van der Waals surface area contributed by atoms with Crippen molar-refractivity contribution in [3.63, 3.8) is 0 Å². The van der Waals surface area contributed by atoms with Crippen molar-refractivity contribution in [2.45, 2.75) is 63.4 Å². The molecule has 0 spiro atoms. The van der Waals surface area contributed by atoms with Gasteiger partial charge in [0.25, 0.3) is 0 Å². The molecule has 3 amide bonds. The minimum absolute atomic E-state index is 0.129. The van der Waals surface area contributed by atoms with Crippen LogP contribution < -0.4 is 16.4 Å². The Morgan fingerprint density at radius 3 is 2.42 bits per heavy atom. The fourth-order valence-electron chi connectivity index (χ4n) is 3.37. The van der Waals surface area contributed by atoms with Gasteiger partial charge in [-0.25, -0.2) is 0 Å². The van der Waals surface area contributed by atoms with Crippen LogP contribution in [0.15, 0.2) is 30.3 Å². The molecule has 11 heteroatoms. The number of amides is 3. The van der Waals surface area contributed by atoms with Gasteiger partial charge in [-0.05, 0) is 5.56 Å². The molecule has 33 heavy (non-hydrogen) atoms. The third kappa shape index (κ3) is 7.47. The third-order valence-corrected chi connectivity index (χ3v) is 5.43. The van der Waals surface area contributed by atoms with Crippen LogP contribution >= 0.6 is 0 Å². The van der Waals surface area contributed by atoms with Crippen LogP contribution in [-0.2, 0) is 30.3 Å². The molecule has 11 nitrogen and oxygen atoms in total. The Balaban J connectivity index is 2.00. The molecule has 1 fully saturated rings. The van der Waals surface area contributed by atoms with Crippen LogP contribution in [0.2, 0.25) is 0 Å². The number of rotatable bonds is 11. The lowest BCUT2D eigenvalue weighted by molar-refractivity contribution is -0.272. The normalized spacial score (nSPS) is 26.8. The van der Waals surface area contributed by atoms with E-state index in [4.69, 9.17) is 15.2 Å². The average Bonchev–Trinajstić information content (AvgIpc) is 2.81. The van der Waals surface area contributed by atoms with E-state index < -0.39 is 66.9 Å². The van der Waals surface area contributed by atoms with E-state index in [2.05, 4.69) is 10.6 Å². The Kier molecular flexibility index (Phi) is 10.2. The molecule has 3 unspecified atom stereocenters. The van der Waals surface area contributed by atoms with Crippen LogP contribution in [0.25, 0.3) is 0 Å². The van der Waals surface area contributed by atoms with Crippen LogP contribution in [0.3, 0.4) is 0 Å². The third-order valence-electron chi connectivity index (χ3n) is 5.43. The highest BCUT2D eigenvalue weighted by molar-refractivity contribution is 5.87. The number of nitrogens with two attached hydrogens (primary N) is 1. The highest BCUT2D eigenvalue weighted by Gasteiger charge is 2.45. The molecule has 7 N–H and O–H groups in total. The summed E-state index contributed by atoms with van der Waals surface area (Å²) in [7, 11) is 0. The van der Waals surface area contributed by atoms with Gasteiger partial charge in [0.05, 0.1) is 19.1 Å². The number of nitrogens with one attached hydrogen (secondary N) is 2. The van der Waals surface area contributed by atoms with Gasteiger partial charge in [0.1, 0.15) is 30.4 Å². The minimum atomic E-state index is -1.45. The van der Waals surface area contributed by atoms with Crippen LogP contribution in [0.4, 0.5) is 0 Å². The molecule has 0 bridgehead atoms. The molecule has 1 aliphatic rings. The van der Waals surface area contributed by atoms with Crippen molar-refractivity contribution < 1.29 is 39.2 Å². The summed E-state index contributed by atoms with van der Waals surface area (Å²) < 4.78 is 11.1. The van der Waals surface area contributed by atoms with E-state index in [0.717, 1.165) is 5.56 Å². The van der Waals surface area contributed by atoms with Gasteiger partial charge in [-0.1, -0.05) is 44.2 Å². The number of primary amides is 1. The van der Waals surface area contributed by atoms with Crippen molar-refractivity contribution in [2.24, 2.45) is 11.7 Å². The van der Waals surface area contributed by atoms with Crippen LogP contribution in [0, 0.1) is 5.92 Å². The summed E-state index contributed by atoms with van der Waals surface area (Å²) in [5.41, 5.74) is 6.27. The summed E-state index contributed by atoms with van der Waals surface area (Å²) in [4.78, 5) is 36.3. The van der Waals surface area contributed by atoms with Crippen molar-refractivity contribution in [1.82, 2.24) is 10.6 Å². The van der Waals surface area contributed by atoms with Crippen LogP contribution in [-0.4, -0.2) is 82.9 Å². The molecule has 0 saturated carbocycles. The maximum atomic E-state index is 12.6. The Morgan fingerprint density at radius 1 is 1.18 bits per heavy atom. The highest BCUT2D eigenvalue weighted by atomic mass is 16.7. The summed E-state index contributed by atoms with van der Waals surface area (Å²) >= 11 is 0. The van der Waals surface area contributed by atoms with Gasteiger partial charge >= 0.3 is 0 Å². The first-order valence-electron chi connectivity index (χ1n) is 10.8. The Morgan fingerprint density at radius 2 is 1.85 bits per heavy atom. The second-order valence-electron chi connectivity index (χ2n) is 8.04. The lowest BCUT2D eigenvalue weighted by Gasteiger charge is -2.42. The zero-order chi connectivity index (χ0) is 24.5. The molecule has 184 valence electrons. The predicted octanol–water partition coefficient (Wildman–Crippen LogP) is -1.81. The number of benzene rings is 1. The zero-order valence-electron chi connectivity index (χ0n) is 18.7. The Hall–Kier alpha value is -2.57. The largest absolute Gasteiger partial charge is 0.394 e. The lowest BCUT2D eigenvalue weighted by Crippen LogP contribution is -2.64. The van der Waals surface area contributed by atoms with Gasteiger partial charge in [0.15, 0.2) is 6.29 Å². The lowest BCUT2D eigenvalue weighted by atomic mass is 9.96. The number of carbonyl (C=O) groups is 3. The minimum Gasteiger partial charge on any atom is -0.394 e. The molecule has 0 aliphatic carbocycles. The van der Waals surface area contributed by atoms with Gasteiger partial charge in [0.2, 0.25) is 17.7 Å². The number of carbonyl (C=O) groups excluding carboxylic acids is 3. The van der Waals surface area contributed by atoms with Gasteiger partial charge in [-0.2, -0.15) is 0 Å². The first-order valence-corrected chi connectivity index (χ1v) is 10.8. The number of hydrogen-bond acceptors (Lipinski definition) is 8.